The Morgan fingerprint density at radius 3 is 2.26 bits per heavy atom. The van der Waals surface area contributed by atoms with Crippen molar-refractivity contribution in [3.05, 3.63) is 29.8 Å². The van der Waals surface area contributed by atoms with E-state index in [4.69, 9.17) is 4.74 Å². The highest BCUT2D eigenvalue weighted by atomic mass is 19.4. The van der Waals surface area contributed by atoms with E-state index in [2.05, 4.69) is 5.32 Å². The summed E-state index contributed by atoms with van der Waals surface area (Å²) in [4.78, 5) is 22.2. The lowest BCUT2D eigenvalue weighted by atomic mass is 10.1. The van der Waals surface area contributed by atoms with Crippen LogP contribution in [0.4, 0.5) is 13.2 Å². The van der Waals surface area contributed by atoms with E-state index in [0.717, 1.165) is 11.3 Å². The van der Waals surface area contributed by atoms with Crippen molar-refractivity contribution < 1.29 is 27.5 Å². The van der Waals surface area contributed by atoms with Crippen molar-refractivity contribution in [1.82, 2.24) is 10.6 Å². The third-order valence-electron chi connectivity index (χ3n) is 2.82. The molecule has 0 saturated heterocycles. The standard InChI is InChI=1S/C15H19F3N2O3/c1-2-23-12-6-4-11(5-7-12)10-13(21)19-8-3-9-20-14(22)15(16,17)18/h4-7H,2-3,8-10H2,1H3,(H,19,21)(H,20,22). The highest BCUT2D eigenvalue weighted by Gasteiger charge is 2.38. The molecule has 0 heterocycles. The maximum absolute atomic E-state index is 11.9. The summed E-state index contributed by atoms with van der Waals surface area (Å²) >= 11 is 0. The van der Waals surface area contributed by atoms with Gasteiger partial charge in [-0.05, 0) is 31.0 Å². The van der Waals surface area contributed by atoms with E-state index in [-0.39, 0.29) is 31.8 Å². The number of hydrogen-bond donors (Lipinski definition) is 2. The summed E-state index contributed by atoms with van der Waals surface area (Å²) < 4.78 is 41.0. The molecule has 0 spiro atoms. The van der Waals surface area contributed by atoms with Gasteiger partial charge in [0.05, 0.1) is 13.0 Å². The maximum Gasteiger partial charge on any atom is 0.471 e. The van der Waals surface area contributed by atoms with Gasteiger partial charge in [0.2, 0.25) is 5.91 Å². The van der Waals surface area contributed by atoms with Crippen LogP contribution < -0.4 is 15.4 Å². The number of amides is 2. The first-order chi connectivity index (χ1) is 10.8. The molecule has 23 heavy (non-hydrogen) atoms. The van der Waals surface area contributed by atoms with E-state index in [1.165, 1.54) is 0 Å². The first kappa shape index (κ1) is 18.8. The molecule has 2 amide bonds. The number of rotatable bonds is 8. The predicted octanol–water partition coefficient (Wildman–Crippen LogP) is 1.81. The van der Waals surface area contributed by atoms with Crippen molar-refractivity contribution in [2.45, 2.75) is 25.9 Å². The molecule has 5 nitrogen and oxygen atoms in total. The second-order valence-corrected chi connectivity index (χ2v) is 4.71. The Kier molecular flexibility index (Phi) is 7.37. The summed E-state index contributed by atoms with van der Waals surface area (Å²) in [6.07, 6.45) is -4.49. The summed E-state index contributed by atoms with van der Waals surface area (Å²) in [5.41, 5.74) is 0.802. The highest BCUT2D eigenvalue weighted by molar-refractivity contribution is 5.81. The fourth-order valence-electron chi connectivity index (χ4n) is 1.74. The Hall–Kier alpha value is -2.25. The Balaban J connectivity index is 2.20. The summed E-state index contributed by atoms with van der Waals surface area (Å²) in [7, 11) is 0. The fraction of sp³-hybridized carbons (Fsp3) is 0.467. The Labute approximate surface area is 132 Å². The molecule has 1 aromatic rings. The van der Waals surface area contributed by atoms with Gasteiger partial charge in [0.15, 0.2) is 0 Å². The number of alkyl halides is 3. The minimum Gasteiger partial charge on any atom is -0.494 e. The zero-order valence-corrected chi connectivity index (χ0v) is 12.7. The van der Waals surface area contributed by atoms with Crippen LogP contribution in [0.2, 0.25) is 0 Å². The molecule has 1 aromatic carbocycles. The number of nitrogens with one attached hydrogen (secondary N) is 2. The Bertz CT molecular complexity index is 516. The summed E-state index contributed by atoms with van der Waals surface area (Å²) in [5.74, 6) is -1.49. The van der Waals surface area contributed by atoms with E-state index >= 15 is 0 Å². The second kappa shape index (κ2) is 9.02. The van der Waals surface area contributed by atoms with Crippen molar-refractivity contribution >= 4 is 11.8 Å². The van der Waals surface area contributed by atoms with Crippen molar-refractivity contribution in [1.29, 1.82) is 0 Å². The van der Waals surface area contributed by atoms with E-state index in [0.29, 0.717) is 6.61 Å². The highest BCUT2D eigenvalue weighted by Crippen LogP contribution is 2.14. The number of carbonyl (C=O) groups is 2. The average Bonchev–Trinajstić information content (AvgIpc) is 2.48. The van der Waals surface area contributed by atoms with E-state index in [9.17, 15) is 22.8 Å². The van der Waals surface area contributed by atoms with E-state index in [1.807, 2.05) is 6.92 Å². The SMILES string of the molecule is CCOc1ccc(CC(=O)NCCCNC(=O)C(F)(F)F)cc1. The molecule has 0 aromatic heterocycles. The Morgan fingerprint density at radius 2 is 1.70 bits per heavy atom. The van der Waals surface area contributed by atoms with Crippen LogP contribution in [0.5, 0.6) is 5.75 Å². The van der Waals surface area contributed by atoms with Gasteiger partial charge >= 0.3 is 12.1 Å². The van der Waals surface area contributed by atoms with Crippen LogP contribution in [0.15, 0.2) is 24.3 Å². The van der Waals surface area contributed by atoms with Gasteiger partial charge in [-0.25, -0.2) is 0 Å². The molecule has 0 radical (unpaired) electrons. The molecule has 2 N–H and O–H groups in total. The molecule has 1 rings (SSSR count). The number of ether oxygens (including phenoxy) is 1. The molecule has 8 heteroatoms. The van der Waals surface area contributed by atoms with E-state index < -0.39 is 12.1 Å². The molecule has 0 bridgehead atoms. The molecule has 0 aliphatic heterocycles. The van der Waals surface area contributed by atoms with Crippen molar-refractivity contribution in [2.75, 3.05) is 19.7 Å². The smallest absolute Gasteiger partial charge is 0.471 e. The third-order valence-corrected chi connectivity index (χ3v) is 2.82. The zero-order valence-electron chi connectivity index (χ0n) is 12.7. The van der Waals surface area contributed by atoms with Crippen LogP contribution in [0.25, 0.3) is 0 Å². The van der Waals surface area contributed by atoms with Gasteiger partial charge in [0, 0.05) is 13.1 Å². The predicted molar refractivity (Wildman–Crippen MR) is 78.0 cm³/mol. The van der Waals surface area contributed by atoms with Crippen LogP contribution in [-0.2, 0) is 16.0 Å². The minimum atomic E-state index is -4.88. The van der Waals surface area contributed by atoms with Gasteiger partial charge < -0.3 is 15.4 Å². The van der Waals surface area contributed by atoms with Crippen molar-refractivity contribution in [3.8, 4) is 5.75 Å². The molecular weight excluding hydrogens is 313 g/mol. The average molecular weight is 332 g/mol. The zero-order chi connectivity index (χ0) is 17.3. The molecule has 0 fully saturated rings. The lowest BCUT2D eigenvalue weighted by Gasteiger charge is -2.09. The van der Waals surface area contributed by atoms with Gasteiger partial charge in [0.25, 0.3) is 0 Å². The molecular formula is C15H19F3N2O3. The number of halogens is 3. The first-order valence-corrected chi connectivity index (χ1v) is 7.16. The summed E-state index contributed by atoms with van der Waals surface area (Å²) in [5, 5.41) is 4.32. The molecule has 128 valence electrons. The van der Waals surface area contributed by atoms with Gasteiger partial charge in [0.1, 0.15) is 5.75 Å². The second-order valence-electron chi connectivity index (χ2n) is 4.71. The van der Waals surface area contributed by atoms with Gasteiger partial charge in [-0.3, -0.25) is 9.59 Å². The Morgan fingerprint density at radius 1 is 1.09 bits per heavy atom. The summed E-state index contributed by atoms with van der Waals surface area (Å²) in [6, 6.07) is 7.07. The lowest BCUT2D eigenvalue weighted by Crippen LogP contribution is -2.38. The molecule has 0 aliphatic carbocycles. The lowest BCUT2D eigenvalue weighted by molar-refractivity contribution is -0.173. The fourth-order valence-corrected chi connectivity index (χ4v) is 1.74. The minimum absolute atomic E-state index is 0.151. The van der Waals surface area contributed by atoms with Crippen LogP contribution in [0.3, 0.4) is 0 Å². The van der Waals surface area contributed by atoms with Crippen molar-refractivity contribution in [3.63, 3.8) is 0 Å². The largest absolute Gasteiger partial charge is 0.494 e. The maximum atomic E-state index is 11.9. The normalized spacial score (nSPS) is 11.0. The quantitative estimate of drug-likeness (QED) is 0.714. The first-order valence-electron chi connectivity index (χ1n) is 7.16. The number of carbonyl (C=O) groups excluding carboxylic acids is 2. The molecule has 0 unspecified atom stereocenters. The van der Waals surface area contributed by atoms with Crippen LogP contribution >= 0.6 is 0 Å². The molecule has 0 saturated carbocycles. The third kappa shape index (κ3) is 7.53. The van der Waals surface area contributed by atoms with Gasteiger partial charge in [-0.15, -0.1) is 0 Å². The van der Waals surface area contributed by atoms with Crippen LogP contribution in [0.1, 0.15) is 18.9 Å². The van der Waals surface area contributed by atoms with E-state index in [1.54, 1.807) is 29.6 Å². The number of hydrogen-bond acceptors (Lipinski definition) is 3. The van der Waals surface area contributed by atoms with Crippen molar-refractivity contribution in [2.24, 2.45) is 0 Å². The van der Waals surface area contributed by atoms with Crippen LogP contribution in [0, 0.1) is 0 Å². The number of benzene rings is 1. The topological polar surface area (TPSA) is 67.4 Å². The monoisotopic (exact) mass is 332 g/mol. The van der Waals surface area contributed by atoms with Gasteiger partial charge in [-0.1, -0.05) is 12.1 Å². The summed E-state index contributed by atoms with van der Waals surface area (Å²) in [6.45, 7) is 2.47. The van der Waals surface area contributed by atoms with Gasteiger partial charge in [-0.2, -0.15) is 13.2 Å². The molecule has 0 atom stereocenters. The molecule has 0 aliphatic rings. The van der Waals surface area contributed by atoms with Crippen LogP contribution in [-0.4, -0.2) is 37.7 Å².